The van der Waals surface area contributed by atoms with Crippen LogP contribution in [-0.4, -0.2) is 25.5 Å². The Morgan fingerprint density at radius 3 is 1.87 bits per heavy atom. The van der Waals surface area contributed by atoms with Crippen LogP contribution in [0.3, 0.4) is 0 Å². The molecule has 0 atom stereocenters. The van der Waals surface area contributed by atoms with Crippen molar-refractivity contribution in [2.75, 3.05) is 14.2 Å². The fourth-order valence-electron chi connectivity index (χ4n) is 5.60. The van der Waals surface area contributed by atoms with Gasteiger partial charge in [-0.25, -0.2) is 0 Å². The molecule has 1 aromatic rings. The molecule has 174 valence electrons. The molecule has 0 radical (unpaired) electrons. The summed E-state index contributed by atoms with van der Waals surface area (Å²) in [5, 5.41) is 0. The summed E-state index contributed by atoms with van der Waals surface area (Å²) < 4.78 is 11.6. The van der Waals surface area contributed by atoms with Crippen LogP contribution in [0.5, 0.6) is 11.5 Å². The van der Waals surface area contributed by atoms with Gasteiger partial charge in [0, 0.05) is 0 Å². The number of hydrogen-bond acceptors (Lipinski definition) is 2. The number of halogens is 1. The summed E-state index contributed by atoms with van der Waals surface area (Å²) in [4.78, 5) is 0. The Morgan fingerprint density at radius 1 is 0.871 bits per heavy atom. The first-order valence-electron chi connectivity index (χ1n) is 11.7. The first-order chi connectivity index (χ1) is 15.3. The molecule has 31 heavy (non-hydrogen) atoms. The van der Waals surface area contributed by atoms with Crippen LogP contribution in [0.25, 0.3) is 5.57 Å². The van der Waals surface area contributed by atoms with Gasteiger partial charge in [0.1, 0.15) is 0 Å². The third-order valence-corrected chi connectivity index (χ3v) is 10.6. The number of rotatable bonds is 6. The standard InChI is InChI=1S/C26H36O2P.ClH.Pd/c1-27-23-17-11-18-24(28-2)26(23)22-16-9-10-19-25(22)29(20-12-5-3-6-13-20)21-14-7-4-8-15-21;;/h9-11,16-18,20-21H,3-8,12-15,19H2,1-2H3;1H;/q-1;;+2/p-1. The molecule has 0 unspecified atom stereocenters. The molecular weight excluding hydrogens is 517 g/mol. The quantitative estimate of drug-likeness (QED) is 0.200. The molecule has 5 heteroatoms. The van der Waals surface area contributed by atoms with Crippen LogP contribution in [0, 0.1) is 5.66 Å². The third-order valence-electron chi connectivity index (χ3n) is 6.97. The molecule has 0 aliphatic heterocycles. The second-order valence-corrected chi connectivity index (χ2v) is 11.5. The third kappa shape index (κ3) is 6.12. The molecule has 2 saturated carbocycles. The first kappa shape index (κ1) is 25.2. The Bertz CT molecular complexity index is 699. The van der Waals surface area contributed by atoms with Gasteiger partial charge in [0.25, 0.3) is 0 Å². The molecule has 0 bridgehead atoms. The zero-order valence-electron chi connectivity index (χ0n) is 18.9. The van der Waals surface area contributed by atoms with Crippen LogP contribution in [0.2, 0.25) is 0 Å². The maximum absolute atomic E-state index is 5.81. The van der Waals surface area contributed by atoms with E-state index in [9.17, 15) is 0 Å². The van der Waals surface area contributed by atoms with Gasteiger partial charge in [-0.1, -0.05) is 51.0 Å². The fraction of sp³-hybridized carbons (Fsp3) is 0.577. The van der Waals surface area contributed by atoms with Crippen molar-refractivity contribution in [2.24, 2.45) is 0 Å². The summed E-state index contributed by atoms with van der Waals surface area (Å²) in [6, 6.07) is 6.20. The van der Waals surface area contributed by atoms with E-state index in [1.807, 2.05) is 6.07 Å². The number of methoxy groups -OCH3 is 2. The van der Waals surface area contributed by atoms with Gasteiger partial charge >= 0.3 is 27.7 Å². The Labute approximate surface area is 205 Å². The van der Waals surface area contributed by atoms with E-state index in [-0.39, 0.29) is 7.92 Å². The van der Waals surface area contributed by atoms with Gasteiger partial charge in [-0.3, -0.25) is 0 Å². The summed E-state index contributed by atoms with van der Waals surface area (Å²) in [5.74, 6) is 1.87. The van der Waals surface area contributed by atoms with Crippen LogP contribution in [0.15, 0.2) is 36.4 Å². The van der Waals surface area contributed by atoms with Gasteiger partial charge < -0.3 is 9.47 Å². The average molecular weight is 553 g/mol. The molecule has 4 rings (SSSR count). The molecule has 1 aromatic carbocycles. The number of allylic oxidation sites excluding steroid dienone is 4. The zero-order valence-corrected chi connectivity index (χ0v) is 22.1. The van der Waals surface area contributed by atoms with Crippen molar-refractivity contribution in [3.8, 4) is 11.5 Å². The van der Waals surface area contributed by atoms with Crippen molar-refractivity contribution < 1.29 is 27.7 Å². The average Bonchev–Trinajstić information content (AvgIpc) is 2.86. The Morgan fingerprint density at radius 2 is 1.39 bits per heavy atom. The predicted molar refractivity (Wildman–Crippen MR) is 131 cm³/mol. The molecule has 0 N–H and O–H groups in total. The molecule has 0 saturated heterocycles. The van der Waals surface area contributed by atoms with Crippen LogP contribution in [-0.2, 0) is 18.2 Å². The first-order valence-corrected chi connectivity index (χ1v) is 15.2. The van der Waals surface area contributed by atoms with E-state index < -0.39 is 0 Å². The van der Waals surface area contributed by atoms with Crippen LogP contribution in [0.1, 0.15) is 76.2 Å². The molecule has 0 aromatic heterocycles. The van der Waals surface area contributed by atoms with Crippen molar-refractivity contribution in [2.45, 2.75) is 81.9 Å². The Hall–Kier alpha value is -0.448. The zero-order chi connectivity index (χ0) is 22.1. The van der Waals surface area contributed by atoms with E-state index >= 15 is 0 Å². The van der Waals surface area contributed by atoms with Crippen molar-refractivity contribution in [1.29, 1.82) is 0 Å². The summed E-state index contributed by atoms with van der Waals surface area (Å²) in [6.45, 7) is 0. The fourth-order valence-corrected chi connectivity index (χ4v) is 9.70. The Balaban J connectivity index is 0.00000132. The molecule has 2 nitrogen and oxygen atoms in total. The van der Waals surface area contributed by atoms with E-state index in [2.05, 4.69) is 58.1 Å². The summed E-state index contributed by atoms with van der Waals surface area (Å²) in [7, 11) is 7.92. The van der Waals surface area contributed by atoms with Crippen molar-refractivity contribution in [3.05, 3.63) is 47.6 Å². The molecule has 0 heterocycles. The van der Waals surface area contributed by atoms with Gasteiger partial charge in [0.15, 0.2) is 0 Å². The van der Waals surface area contributed by atoms with Crippen LogP contribution < -0.4 is 9.47 Å². The van der Waals surface area contributed by atoms with Gasteiger partial charge in [-0.05, 0) is 54.7 Å². The van der Waals surface area contributed by atoms with Crippen LogP contribution in [0.4, 0.5) is 0 Å². The topological polar surface area (TPSA) is 18.5 Å². The SMILES string of the molecule is COc1cccc(OC)c1C1=CC=CC[C-]1P(C1CCCCC1)C1CCCCC1.[Cl][Pd+]. The number of benzene rings is 1. The van der Waals surface area contributed by atoms with Gasteiger partial charge in [0.05, 0.1) is 25.7 Å². The maximum atomic E-state index is 5.81. The monoisotopic (exact) mass is 552 g/mol. The molecule has 2 fully saturated rings. The van der Waals surface area contributed by atoms with E-state index in [1.54, 1.807) is 19.9 Å². The summed E-state index contributed by atoms with van der Waals surface area (Å²) >= 11 is 2.22. The summed E-state index contributed by atoms with van der Waals surface area (Å²) in [5.41, 5.74) is 6.09. The number of hydrogen-bond donors (Lipinski definition) is 0. The van der Waals surface area contributed by atoms with E-state index in [1.165, 1.54) is 69.8 Å². The minimum atomic E-state index is -0.127. The minimum absolute atomic E-state index is 0.127. The molecule has 0 amide bonds. The van der Waals surface area contributed by atoms with E-state index in [4.69, 9.17) is 9.47 Å². The molecule has 0 spiro atoms. The molecule has 3 aliphatic carbocycles. The van der Waals surface area contributed by atoms with Crippen molar-refractivity contribution in [3.63, 3.8) is 0 Å². The summed E-state index contributed by atoms with van der Waals surface area (Å²) in [6.07, 6.45) is 22.4. The Kier molecular flexibility index (Phi) is 10.8. The number of ether oxygens (including phenoxy) is 2. The second-order valence-electron chi connectivity index (χ2n) is 8.69. The van der Waals surface area contributed by atoms with Gasteiger partial charge in [0.2, 0.25) is 0 Å². The van der Waals surface area contributed by atoms with Gasteiger partial charge in [-0.15, -0.1) is 25.7 Å². The normalized spacial score (nSPS) is 20.2. The van der Waals surface area contributed by atoms with E-state index in [0.717, 1.165) is 34.8 Å². The van der Waals surface area contributed by atoms with Crippen LogP contribution >= 0.6 is 17.5 Å². The van der Waals surface area contributed by atoms with Crippen molar-refractivity contribution >= 4 is 23.0 Å². The predicted octanol–water partition coefficient (Wildman–Crippen LogP) is 8.41. The second kappa shape index (κ2) is 13.3. The molecular formula is C26H36ClO2PPd. The van der Waals surface area contributed by atoms with E-state index in [0.29, 0.717) is 0 Å². The van der Waals surface area contributed by atoms with Gasteiger partial charge in [-0.2, -0.15) is 11.6 Å². The molecule has 3 aliphatic rings. The van der Waals surface area contributed by atoms with Crippen molar-refractivity contribution in [1.82, 2.24) is 0 Å².